The number of ether oxygens (including phenoxy) is 2. The van der Waals surface area contributed by atoms with Gasteiger partial charge in [-0.1, -0.05) is 24.4 Å². The summed E-state index contributed by atoms with van der Waals surface area (Å²) in [6.45, 7) is 7.50. The summed E-state index contributed by atoms with van der Waals surface area (Å²) >= 11 is 6.93. The van der Waals surface area contributed by atoms with Gasteiger partial charge in [-0.3, -0.25) is 4.90 Å². The van der Waals surface area contributed by atoms with Gasteiger partial charge in [0.2, 0.25) is 0 Å². The van der Waals surface area contributed by atoms with Gasteiger partial charge in [0.15, 0.2) is 0 Å². The van der Waals surface area contributed by atoms with E-state index in [-0.39, 0.29) is 18.2 Å². The average Bonchev–Trinajstić information content (AvgIpc) is 3.08. The Morgan fingerprint density at radius 2 is 2.11 bits per heavy atom. The predicted molar refractivity (Wildman–Crippen MR) is 113 cm³/mol. The third-order valence-corrected chi connectivity index (χ3v) is 5.49. The van der Waals surface area contributed by atoms with Gasteiger partial charge >= 0.3 is 6.09 Å². The zero-order valence-corrected chi connectivity index (χ0v) is 17.7. The lowest BCUT2D eigenvalue weighted by Crippen LogP contribution is -2.37. The van der Waals surface area contributed by atoms with Crippen molar-refractivity contribution in [3.05, 3.63) is 46.2 Å². The lowest BCUT2D eigenvalue weighted by Gasteiger charge is -2.32. The first-order valence-corrected chi connectivity index (χ1v) is 10.0. The molecule has 0 fully saturated rings. The Kier molecular flexibility index (Phi) is 5.44. The molecule has 1 aliphatic heterocycles. The molecule has 0 saturated carbocycles. The molecule has 27 heavy (non-hydrogen) atoms. The van der Waals surface area contributed by atoms with E-state index in [0.29, 0.717) is 4.99 Å². The fraction of sp³-hybridized carbons (Fsp3) is 0.400. The standard InChI is InChI=1S/C20H24N2O3S2/c1-12-18(26)21-14-11-13(8-9-15(14)24-12)17(16-7-6-10-27-16)22(5)19(23)25-20(2,3)4/h6-12,17H,1-5H3,(H,21,26). The highest BCUT2D eigenvalue weighted by Gasteiger charge is 2.30. The third-order valence-electron chi connectivity index (χ3n) is 4.13. The van der Waals surface area contributed by atoms with E-state index < -0.39 is 5.60 Å². The third kappa shape index (κ3) is 4.42. The van der Waals surface area contributed by atoms with Gasteiger partial charge in [-0.05, 0) is 56.8 Å². The molecule has 2 heterocycles. The van der Waals surface area contributed by atoms with Crippen molar-refractivity contribution in [2.45, 2.75) is 45.4 Å². The van der Waals surface area contributed by atoms with Gasteiger partial charge in [0, 0.05) is 11.9 Å². The summed E-state index contributed by atoms with van der Waals surface area (Å²) in [5.41, 5.74) is 1.21. The van der Waals surface area contributed by atoms with Gasteiger partial charge in [-0.15, -0.1) is 11.3 Å². The zero-order valence-electron chi connectivity index (χ0n) is 16.1. The van der Waals surface area contributed by atoms with Crippen LogP contribution in [0.25, 0.3) is 0 Å². The first kappa shape index (κ1) is 19.6. The minimum atomic E-state index is -0.557. The van der Waals surface area contributed by atoms with E-state index in [1.807, 2.05) is 63.4 Å². The van der Waals surface area contributed by atoms with Crippen LogP contribution < -0.4 is 10.1 Å². The minimum absolute atomic E-state index is 0.157. The second-order valence-corrected chi connectivity index (χ2v) is 8.93. The maximum atomic E-state index is 12.7. The summed E-state index contributed by atoms with van der Waals surface area (Å²) in [6, 6.07) is 9.61. The molecule has 144 valence electrons. The first-order chi connectivity index (χ1) is 12.7. The molecule has 0 aliphatic carbocycles. The highest BCUT2D eigenvalue weighted by Crippen LogP contribution is 2.37. The van der Waals surface area contributed by atoms with Gasteiger partial charge in [0.1, 0.15) is 22.4 Å². The number of nitrogens with zero attached hydrogens (tertiary/aromatic N) is 1. The van der Waals surface area contributed by atoms with Crippen LogP contribution in [0.15, 0.2) is 35.7 Å². The average molecular weight is 405 g/mol. The second kappa shape index (κ2) is 7.48. The van der Waals surface area contributed by atoms with Gasteiger partial charge in [-0.2, -0.15) is 0 Å². The summed E-state index contributed by atoms with van der Waals surface area (Å²) in [7, 11) is 1.76. The van der Waals surface area contributed by atoms with Crippen LogP contribution in [0.5, 0.6) is 5.75 Å². The molecule has 1 aliphatic rings. The molecular formula is C20H24N2O3S2. The van der Waals surface area contributed by atoms with E-state index in [1.54, 1.807) is 23.3 Å². The quantitative estimate of drug-likeness (QED) is 0.711. The molecular weight excluding hydrogens is 380 g/mol. The maximum absolute atomic E-state index is 12.7. The van der Waals surface area contributed by atoms with Crippen molar-refractivity contribution in [1.82, 2.24) is 4.90 Å². The number of rotatable bonds is 3. The Morgan fingerprint density at radius 3 is 2.74 bits per heavy atom. The van der Waals surface area contributed by atoms with Crippen LogP contribution in [-0.4, -0.2) is 34.7 Å². The van der Waals surface area contributed by atoms with Crippen molar-refractivity contribution >= 4 is 40.3 Å². The molecule has 0 radical (unpaired) electrons. The molecule has 0 bridgehead atoms. The molecule has 5 nitrogen and oxygen atoms in total. The van der Waals surface area contributed by atoms with Crippen LogP contribution in [0, 0.1) is 0 Å². The van der Waals surface area contributed by atoms with Crippen LogP contribution in [0.3, 0.4) is 0 Å². The van der Waals surface area contributed by atoms with E-state index in [2.05, 4.69) is 5.32 Å². The van der Waals surface area contributed by atoms with Gasteiger partial charge in [0.05, 0.1) is 11.7 Å². The normalized spacial score (nSPS) is 17.4. The van der Waals surface area contributed by atoms with Crippen LogP contribution in [0.1, 0.15) is 44.2 Å². The van der Waals surface area contributed by atoms with Crippen LogP contribution in [-0.2, 0) is 4.74 Å². The van der Waals surface area contributed by atoms with E-state index in [1.165, 1.54) is 0 Å². The summed E-state index contributed by atoms with van der Waals surface area (Å²) in [5.74, 6) is 0.754. The fourth-order valence-electron chi connectivity index (χ4n) is 2.86. The lowest BCUT2D eigenvalue weighted by atomic mass is 10.0. The number of anilines is 1. The lowest BCUT2D eigenvalue weighted by molar-refractivity contribution is 0.0251. The highest BCUT2D eigenvalue weighted by atomic mass is 32.1. The number of thiocarbonyl (C=S) groups is 1. The Hall–Kier alpha value is -2.12. The predicted octanol–water partition coefficient (Wildman–Crippen LogP) is 5.22. The molecule has 2 atom stereocenters. The number of nitrogens with one attached hydrogen (secondary N) is 1. The van der Waals surface area contributed by atoms with Crippen molar-refractivity contribution in [1.29, 1.82) is 0 Å². The number of hydrogen-bond acceptors (Lipinski definition) is 5. The number of fused-ring (bicyclic) bond motifs is 1. The van der Waals surface area contributed by atoms with E-state index in [9.17, 15) is 4.79 Å². The maximum Gasteiger partial charge on any atom is 0.410 e. The van der Waals surface area contributed by atoms with Crippen LogP contribution in [0.4, 0.5) is 10.5 Å². The summed E-state index contributed by atoms with van der Waals surface area (Å²) in [5, 5.41) is 5.23. The largest absolute Gasteiger partial charge is 0.481 e. The minimum Gasteiger partial charge on any atom is -0.481 e. The van der Waals surface area contributed by atoms with Gasteiger partial charge < -0.3 is 14.8 Å². The van der Waals surface area contributed by atoms with Crippen molar-refractivity contribution < 1.29 is 14.3 Å². The molecule has 1 aromatic carbocycles. The topological polar surface area (TPSA) is 50.8 Å². The number of hydrogen-bond donors (Lipinski definition) is 1. The molecule has 0 spiro atoms. The molecule has 3 rings (SSSR count). The molecule has 7 heteroatoms. The van der Waals surface area contributed by atoms with Crippen LogP contribution in [0.2, 0.25) is 0 Å². The number of benzene rings is 1. The van der Waals surface area contributed by atoms with Crippen molar-refractivity contribution in [3.8, 4) is 5.75 Å². The van der Waals surface area contributed by atoms with Crippen molar-refractivity contribution in [2.24, 2.45) is 0 Å². The first-order valence-electron chi connectivity index (χ1n) is 8.76. The Balaban J connectivity index is 1.96. The monoisotopic (exact) mass is 404 g/mol. The molecule has 2 aromatic rings. The SMILES string of the molecule is CC1Oc2ccc(C(c3cccs3)N(C)C(=O)OC(C)(C)C)cc2NC1=S. The second-order valence-electron chi connectivity index (χ2n) is 7.51. The number of carbonyl (C=O) groups excluding carboxylic acids is 1. The van der Waals surface area contributed by atoms with Crippen molar-refractivity contribution in [2.75, 3.05) is 12.4 Å². The fourth-order valence-corrected chi connectivity index (χ4v) is 3.91. The highest BCUT2D eigenvalue weighted by molar-refractivity contribution is 7.80. The molecule has 2 unspecified atom stereocenters. The smallest absolute Gasteiger partial charge is 0.410 e. The summed E-state index contributed by atoms with van der Waals surface area (Å²) < 4.78 is 11.4. The number of amides is 1. The Labute approximate surface area is 169 Å². The van der Waals surface area contributed by atoms with Gasteiger partial charge in [0.25, 0.3) is 0 Å². The van der Waals surface area contributed by atoms with E-state index in [4.69, 9.17) is 21.7 Å². The van der Waals surface area contributed by atoms with Crippen molar-refractivity contribution in [3.63, 3.8) is 0 Å². The number of thiophene rings is 1. The summed E-state index contributed by atoms with van der Waals surface area (Å²) in [4.78, 5) is 16.0. The Morgan fingerprint density at radius 1 is 1.37 bits per heavy atom. The summed E-state index contributed by atoms with van der Waals surface area (Å²) in [6.07, 6.45) is -0.525. The molecule has 1 N–H and O–H groups in total. The molecule has 1 amide bonds. The zero-order chi connectivity index (χ0) is 19.8. The van der Waals surface area contributed by atoms with E-state index in [0.717, 1.165) is 21.9 Å². The van der Waals surface area contributed by atoms with Gasteiger partial charge in [-0.25, -0.2) is 4.79 Å². The van der Waals surface area contributed by atoms with Crippen LogP contribution >= 0.6 is 23.6 Å². The van der Waals surface area contributed by atoms with E-state index >= 15 is 0 Å². The Bertz CT molecular complexity index is 843. The number of carbonyl (C=O) groups is 1. The molecule has 0 saturated heterocycles. The molecule has 1 aromatic heterocycles.